The summed E-state index contributed by atoms with van der Waals surface area (Å²) in [4.78, 5) is 8.33. The van der Waals surface area contributed by atoms with Crippen LogP contribution >= 0.6 is 0 Å². The van der Waals surface area contributed by atoms with Crippen molar-refractivity contribution in [3.8, 4) is 0 Å². The maximum atomic E-state index is 4.16. The van der Waals surface area contributed by atoms with Crippen molar-refractivity contribution in [1.82, 2.24) is 15.3 Å². The van der Waals surface area contributed by atoms with E-state index in [9.17, 15) is 0 Å². The Morgan fingerprint density at radius 3 is 1.94 bits per heavy atom. The molecule has 0 spiro atoms. The molecule has 0 amide bonds. The lowest BCUT2D eigenvalue weighted by Gasteiger charge is -2.17. The maximum Gasteiger partial charge on any atom is 0.0300 e. The summed E-state index contributed by atoms with van der Waals surface area (Å²) in [6.07, 6.45) is 9.49. The van der Waals surface area contributed by atoms with Crippen LogP contribution in [-0.2, 0) is 12.8 Å². The number of likely N-dealkylation sites (N-methyl/N-ethyl adjacent to an activating group) is 1. The number of nitrogens with one attached hydrogen (secondary N) is 1. The molecule has 2 aromatic heterocycles. The quantitative estimate of drug-likeness (QED) is 0.843. The van der Waals surface area contributed by atoms with Gasteiger partial charge in [-0.05, 0) is 42.6 Å². The first-order valence-electron chi connectivity index (χ1n) is 6.39. The summed E-state index contributed by atoms with van der Waals surface area (Å²) in [5.41, 5.74) is 2.54. The van der Waals surface area contributed by atoms with Gasteiger partial charge in [-0.25, -0.2) is 0 Å². The van der Waals surface area contributed by atoms with Crippen molar-refractivity contribution in [2.45, 2.75) is 25.8 Å². The van der Waals surface area contributed by atoms with Gasteiger partial charge in [-0.15, -0.1) is 0 Å². The molecule has 2 rings (SSSR count). The maximum absolute atomic E-state index is 4.16. The Morgan fingerprint density at radius 2 is 1.56 bits per heavy atom. The van der Waals surface area contributed by atoms with Crippen LogP contribution in [0.3, 0.4) is 0 Å². The van der Waals surface area contributed by atoms with Gasteiger partial charge in [0.05, 0.1) is 0 Å². The van der Waals surface area contributed by atoms with Crippen LogP contribution in [0.5, 0.6) is 0 Å². The van der Waals surface area contributed by atoms with Crippen LogP contribution in [0.15, 0.2) is 49.1 Å². The van der Waals surface area contributed by atoms with Gasteiger partial charge in [0, 0.05) is 30.8 Å². The van der Waals surface area contributed by atoms with Crippen molar-refractivity contribution in [2.75, 3.05) is 6.54 Å². The van der Waals surface area contributed by atoms with Crippen molar-refractivity contribution in [3.05, 3.63) is 60.2 Å². The molecule has 0 atom stereocenters. The third-order valence-corrected chi connectivity index (χ3v) is 2.90. The first kappa shape index (κ1) is 12.7. The van der Waals surface area contributed by atoms with E-state index in [2.05, 4.69) is 34.3 Å². The van der Waals surface area contributed by atoms with Gasteiger partial charge in [0.25, 0.3) is 0 Å². The van der Waals surface area contributed by atoms with Crippen molar-refractivity contribution in [3.63, 3.8) is 0 Å². The molecule has 2 aromatic rings. The summed E-state index contributed by atoms with van der Waals surface area (Å²) in [5.74, 6) is 0. The molecule has 0 saturated carbocycles. The number of nitrogens with zero attached hydrogens (tertiary/aromatic N) is 2. The van der Waals surface area contributed by atoms with E-state index in [1.165, 1.54) is 11.1 Å². The van der Waals surface area contributed by atoms with Gasteiger partial charge in [0.1, 0.15) is 0 Å². The number of pyridine rings is 2. The van der Waals surface area contributed by atoms with E-state index in [-0.39, 0.29) is 0 Å². The van der Waals surface area contributed by atoms with Crippen LogP contribution in [0, 0.1) is 0 Å². The molecule has 0 aromatic carbocycles. The van der Waals surface area contributed by atoms with Crippen LogP contribution in [0.4, 0.5) is 0 Å². The molecule has 18 heavy (non-hydrogen) atoms. The molecule has 1 N–H and O–H groups in total. The summed E-state index contributed by atoms with van der Waals surface area (Å²) >= 11 is 0. The fourth-order valence-electron chi connectivity index (χ4n) is 2.11. The first-order valence-corrected chi connectivity index (χ1v) is 6.39. The molecule has 2 heterocycles. The minimum atomic E-state index is 0.434. The van der Waals surface area contributed by atoms with E-state index < -0.39 is 0 Å². The van der Waals surface area contributed by atoms with E-state index in [1.54, 1.807) is 0 Å². The standard InChI is InChI=1S/C15H19N3/c1-2-18-15(9-13-5-3-7-16-11-13)10-14-6-4-8-17-12-14/h3-8,11-12,15,18H,2,9-10H2,1H3. The van der Waals surface area contributed by atoms with Crippen molar-refractivity contribution in [2.24, 2.45) is 0 Å². The Hall–Kier alpha value is -1.74. The third kappa shape index (κ3) is 3.93. The normalized spacial score (nSPS) is 10.8. The first-order chi connectivity index (χ1) is 8.88. The van der Waals surface area contributed by atoms with Crippen LogP contribution in [0.2, 0.25) is 0 Å². The lowest BCUT2D eigenvalue weighted by Crippen LogP contribution is -2.33. The molecule has 94 valence electrons. The van der Waals surface area contributed by atoms with Gasteiger partial charge in [-0.3, -0.25) is 9.97 Å². The monoisotopic (exact) mass is 241 g/mol. The Balaban J connectivity index is 2.00. The molecule has 0 saturated heterocycles. The summed E-state index contributed by atoms with van der Waals surface area (Å²) < 4.78 is 0. The highest BCUT2D eigenvalue weighted by Gasteiger charge is 2.09. The summed E-state index contributed by atoms with van der Waals surface area (Å²) in [6.45, 7) is 3.12. The van der Waals surface area contributed by atoms with Crippen molar-refractivity contribution in [1.29, 1.82) is 0 Å². The van der Waals surface area contributed by atoms with Crippen LogP contribution < -0.4 is 5.32 Å². The van der Waals surface area contributed by atoms with E-state index in [4.69, 9.17) is 0 Å². The molecule has 0 unspecified atom stereocenters. The number of hydrogen-bond donors (Lipinski definition) is 1. The van der Waals surface area contributed by atoms with Gasteiger partial charge in [-0.1, -0.05) is 19.1 Å². The third-order valence-electron chi connectivity index (χ3n) is 2.90. The average molecular weight is 241 g/mol. The second-order valence-corrected chi connectivity index (χ2v) is 4.39. The summed E-state index contributed by atoms with van der Waals surface area (Å²) in [5, 5.41) is 3.52. The summed E-state index contributed by atoms with van der Waals surface area (Å²) in [6, 6.07) is 8.66. The SMILES string of the molecule is CCNC(Cc1cccnc1)Cc1cccnc1. The second-order valence-electron chi connectivity index (χ2n) is 4.39. The Kier molecular flexibility index (Phi) is 4.85. The molecule has 0 aliphatic heterocycles. The van der Waals surface area contributed by atoms with Crippen molar-refractivity contribution < 1.29 is 0 Å². The van der Waals surface area contributed by atoms with E-state index in [1.807, 2.05) is 36.9 Å². The molecule has 0 aliphatic rings. The predicted molar refractivity (Wildman–Crippen MR) is 73.3 cm³/mol. The zero-order chi connectivity index (χ0) is 12.6. The molecule has 0 radical (unpaired) electrons. The minimum absolute atomic E-state index is 0.434. The molecule has 3 heteroatoms. The summed E-state index contributed by atoms with van der Waals surface area (Å²) in [7, 11) is 0. The van der Waals surface area contributed by atoms with E-state index in [0.29, 0.717) is 6.04 Å². The Bertz CT molecular complexity index is 400. The van der Waals surface area contributed by atoms with Crippen molar-refractivity contribution >= 4 is 0 Å². The number of aromatic nitrogens is 2. The van der Waals surface area contributed by atoms with Gasteiger partial charge < -0.3 is 5.32 Å². The molecular weight excluding hydrogens is 222 g/mol. The molecule has 0 fully saturated rings. The van der Waals surface area contributed by atoms with E-state index in [0.717, 1.165) is 19.4 Å². The Labute approximate surface area is 108 Å². The number of rotatable bonds is 6. The van der Waals surface area contributed by atoms with Gasteiger partial charge in [0.2, 0.25) is 0 Å². The zero-order valence-electron chi connectivity index (χ0n) is 10.7. The lowest BCUT2D eigenvalue weighted by molar-refractivity contribution is 0.520. The smallest absolute Gasteiger partial charge is 0.0300 e. The predicted octanol–water partition coefficient (Wildman–Crippen LogP) is 2.24. The fraction of sp³-hybridized carbons (Fsp3) is 0.333. The molecule has 3 nitrogen and oxygen atoms in total. The molecular formula is C15H19N3. The molecule has 0 bridgehead atoms. The van der Waals surface area contributed by atoms with Crippen LogP contribution in [0.25, 0.3) is 0 Å². The van der Waals surface area contributed by atoms with Gasteiger partial charge >= 0.3 is 0 Å². The molecule has 0 aliphatic carbocycles. The zero-order valence-corrected chi connectivity index (χ0v) is 10.7. The topological polar surface area (TPSA) is 37.8 Å². The minimum Gasteiger partial charge on any atom is -0.314 e. The highest BCUT2D eigenvalue weighted by atomic mass is 14.9. The fourth-order valence-corrected chi connectivity index (χ4v) is 2.11. The second kappa shape index (κ2) is 6.87. The van der Waals surface area contributed by atoms with Crippen LogP contribution in [-0.4, -0.2) is 22.6 Å². The average Bonchev–Trinajstić information content (AvgIpc) is 2.41. The highest BCUT2D eigenvalue weighted by molar-refractivity contribution is 5.14. The number of hydrogen-bond acceptors (Lipinski definition) is 3. The van der Waals surface area contributed by atoms with Gasteiger partial charge in [-0.2, -0.15) is 0 Å². The van der Waals surface area contributed by atoms with Gasteiger partial charge in [0.15, 0.2) is 0 Å². The highest BCUT2D eigenvalue weighted by Crippen LogP contribution is 2.07. The Morgan fingerprint density at radius 1 is 1.00 bits per heavy atom. The van der Waals surface area contributed by atoms with E-state index >= 15 is 0 Å². The lowest BCUT2D eigenvalue weighted by atomic mass is 10.0. The van der Waals surface area contributed by atoms with Crippen LogP contribution in [0.1, 0.15) is 18.1 Å². The largest absolute Gasteiger partial charge is 0.314 e.